The first-order valence-electron chi connectivity index (χ1n) is 9.39. The fourth-order valence-electron chi connectivity index (χ4n) is 3.46. The van der Waals surface area contributed by atoms with Crippen LogP contribution in [0.2, 0.25) is 0 Å². The Morgan fingerprint density at radius 2 is 2.03 bits per heavy atom. The number of allylic oxidation sites excluding steroid dienone is 2. The highest BCUT2D eigenvalue weighted by molar-refractivity contribution is 6.08. The number of hydrogen-bond donors (Lipinski definition) is 2. The van der Waals surface area contributed by atoms with Gasteiger partial charge in [-0.1, -0.05) is 12.1 Å². The van der Waals surface area contributed by atoms with Gasteiger partial charge in [0, 0.05) is 17.7 Å². The number of piperidine rings is 1. The molecule has 1 heterocycles. The number of benzene rings is 1. The first-order chi connectivity index (χ1) is 14.0. The van der Waals surface area contributed by atoms with Crippen LogP contribution in [0.1, 0.15) is 41.6 Å². The largest absolute Gasteiger partial charge is 0.495 e. The molecule has 0 spiro atoms. The van der Waals surface area contributed by atoms with Crippen molar-refractivity contribution in [3.8, 4) is 0 Å². The summed E-state index contributed by atoms with van der Waals surface area (Å²) in [6, 6.07) is 4.13. The van der Waals surface area contributed by atoms with E-state index in [-0.39, 0.29) is 12.8 Å². The van der Waals surface area contributed by atoms with E-state index < -0.39 is 23.8 Å². The van der Waals surface area contributed by atoms with Gasteiger partial charge in [-0.15, -0.1) is 0 Å². The van der Waals surface area contributed by atoms with Crippen LogP contribution in [0.5, 0.6) is 0 Å². The maximum Gasteiger partial charge on any atom is 0.261 e. The van der Waals surface area contributed by atoms with Gasteiger partial charge in [0.05, 0.1) is 12.8 Å². The monoisotopic (exact) mass is 397 g/mol. The molecule has 8 heteroatoms. The van der Waals surface area contributed by atoms with Crippen molar-refractivity contribution in [2.75, 3.05) is 12.4 Å². The molecule has 1 aliphatic heterocycles. The van der Waals surface area contributed by atoms with Crippen molar-refractivity contribution in [1.82, 2.24) is 10.2 Å². The summed E-state index contributed by atoms with van der Waals surface area (Å²) in [5, 5.41) is 5.45. The first kappa shape index (κ1) is 20.3. The van der Waals surface area contributed by atoms with Gasteiger partial charge in [0.25, 0.3) is 5.91 Å². The Labute approximate surface area is 168 Å². The molecular weight excluding hydrogens is 374 g/mol. The summed E-state index contributed by atoms with van der Waals surface area (Å²) in [5.41, 5.74) is 2.44. The number of methoxy groups -OCH3 is 1. The second kappa shape index (κ2) is 8.72. The summed E-state index contributed by atoms with van der Waals surface area (Å²) >= 11 is 0. The number of anilines is 1. The predicted octanol–water partition coefficient (Wildman–Crippen LogP) is 2.02. The molecule has 0 bridgehead atoms. The van der Waals surface area contributed by atoms with Crippen molar-refractivity contribution in [3.05, 3.63) is 52.9 Å². The van der Waals surface area contributed by atoms with Crippen LogP contribution < -0.4 is 10.6 Å². The minimum absolute atomic E-state index is 0.0783. The standard InChI is InChI=1S/C21H23N3O5/c1-13-14(21(28)24(12-25)17-10-11-19(26)23-20(17)27)6-5-8-15(13)22-16-7-3-4-9-18(16)29-2/h5-9,12,17,22H,3-4,10-11H2,1-2H3,(H,23,26,27). The molecule has 1 unspecified atom stereocenters. The summed E-state index contributed by atoms with van der Waals surface area (Å²) < 4.78 is 5.39. The number of carbonyl (C=O) groups is 4. The maximum atomic E-state index is 13.0. The zero-order valence-corrected chi connectivity index (χ0v) is 16.4. The van der Waals surface area contributed by atoms with Crippen LogP contribution >= 0.6 is 0 Å². The van der Waals surface area contributed by atoms with E-state index in [1.807, 2.05) is 18.2 Å². The zero-order valence-electron chi connectivity index (χ0n) is 16.4. The van der Waals surface area contributed by atoms with Gasteiger partial charge in [0.2, 0.25) is 18.2 Å². The smallest absolute Gasteiger partial charge is 0.261 e. The third-order valence-electron chi connectivity index (χ3n) is 5.06. The van der Waals surface area contributed by atoms with Gasteiger partial charge in [-0.2, -0.15) is 0 Å². The second-order valence-electron chi connectivity index (χ2n) is 6.86. The Hall–Kier alpha value is -3.42. The van der Waals surface area contributed by atoms with E-state index in [1.165, 1.54) is 0 Å². The van der Waals surface area contributed by atoms with E-state index in [2.05, 4.69) is 10.6 Å². The molecule has 2 N–H and O–H groups in total. The number of rotatable bonds is 6. The molecule has 152 valence electrons. The third kappa shape index (κ3) is 4.21. The van der Waals surface area contributed by atoms with E-state index in [9.17, 15) is 19.2 Å². The molecule has 0 radical (unpaired) electrons. The predicted molar refractivity (Wildman–Crippen MR) is 106 cm³/mol. The molecule has 1 aromatic carbocycles. The van der Waals surface area contributed by atoms with Crippen LogP contribution in [-0.2, 0) is 19.1 Å². The molecule has 0 saturated carbocycles. The highest BCUT2D eigenvalue weighted by Gasteiger charge is 2.35. The number of carbonyl (C=O) groups excluding carboxylic acids is 4. The van der Waals surface area contributed by atoms with E-state index in [1.54, 1.807) is 26.2 Å². The zero-order chi connectivity index (χ0) is 21.0. The number of hydrogen-bond acceptors (Lipinski definition) is 6. The first-order valence-corrected chi connectivity index (χ1v) is 9.39. The van der Waals surface area contributed by atoms with Crippen LogP contribution in [0.15, 0.2) is 41.8 Å². The van der Waals surface area contributed by atoms with Crippen LogP contribution in [0, 0.1) is 6.92 Å². The van der Waals surface area contributed by atoms with Crippen molar-refractivity contribution in [2.45, 2.75) is 38.6 Å². The van der Waals surface area contributed by atoms with Gasteiger partial charge in [-0.25, -0.2) is 0 Å². The van der Waals surface area contributed by atoms with Gasteiger partial charge in [0.1, 0.15) is 11.8 Å². The molecule has 29 heavy (non-hydrogen) atoms. The van der Waals surface area contributed by atoms with Crippen LogP contribution in [0.3, 0.4) is 0 Å². The molecule has 3 rings (SSSR count). The summed E-state index contributed by atoms with van der Waals surface area (Å²) in [5.74, 6) is -0.910. The molecule has 4 amide bonds. The Bertz CT molecular complexity index is 919. The fourth-order valence-corrected chi connectivity index (χ4v) is 3.46. The van der Waals surface area contributed by atoms with Gasteiger partial charge in [-0.05, 0) is 50.0 Å². The number of imide groups is 2. The number of amides is 4. The quantitative estimate of drug-likeness (QED) is 0.562. The van der Waals surface area contributed by atoms with Crippen molar-refractivity contribution < 1.29 is 23.9 Å². The number of nitrogens with one attached hydrogen (secondary N) is 2. The lowest BCUT2D eigenvalue weighted by Gasteiger charge is -2.29. The average Bonchev–Trinajstić information content (AvgIpc) is 2.72. The molecule has 8 nitrogen and oxygen atoms in total. The molecular formula is C21H23N3O5. The Kier molecular flexibility index (Phi) is 6.11. The SMILES string of the molecule is COC1=CCCC=C1Nc1cccc(C(=O)N(C=O)C2CCC(=O)NC2=O)c1C. The third-order valence-corrected chi connectivity index (χ3v) is 5.06. The van der Waals surface area contributed by atoms with E-state index in [0.29, 0.717) is 23.2 Å². The lowest BCUT2D eigenvalue weighted by atomic mass is 10.0. The van der Waals surface area contributed by atoms with Gasteiger partial charge in [-0.3, -0.25) is 29.4 Å². The molecule has 1 fully saturated rings. The van der Waals surface area contributed by atoms with Crippen molar-refractivity contribution in [3.63, 3.8) is 0 Å². The lowest BCUT2D eigenvalue weighted by molar-refractivity contribution is -0.139. The molecule has 2 aliphatic rings. The van der Waals surface area contributed by atoms with Crippen LogP contribution in [0.4, 0.5) is 5.69 Å². The average molecular weight is 397 g/mol. The molecule has 1 saturated heterocycles. The lowest BCUT2D eigenvalue weighted by Crippen LogP contribution is -2.53. The summed E-state index contributed by atoms with van der Waals surface area (Å²) in [6.45, 7) is 1.77. The molecule has 0 aromatic heterocycles. The highest BCUT2D eigenvalue weighted by Crippen LogP contribution is 2.27. The minimum Gasteiger partial charge on any atom is -0.495 e. The highest BCUT2D eigenvalue weighted by atomic mass is 16.5. The van der Waals surface area contributed by atoms with Crippen molar-refractivity contribution in [2.24, 2.45) is 0 Å². The normalized spacial score (nSPS) is 18.9. The number of nitrogens with zero attached hydrogens (tertiary/aromatic N) is 1. The molecule has 1 aliphatic carbocycles. The van der Waals surface area contributed by atoms with Gasteiger partial charge >= 0.3 is 0 Å². The topological polar surface area (TPSA) is 105 Å². The van der Waals surface area contributed by atoms with E-state index in [0.717, 1.165) is 29.2 Å². The number of ether oxygens (including phenoxy) is 1. The van der Waals surface area contributed by atoms with Crippen LogP contribution in [0.25, 0.3) is 0 Å². The maximum absolute atomic E-state index is 13.0. The van der Waals surface area contributed by atoms with Gasteiger partial charge < -0.3 is 10.1 Å². The molecule has 1 atom stereocenters. The summed E-state index contributed by atoms with van der Waals surface area (Å²) in [4.78, 5) is 49.0. The van der Waals surface area contributed by atoms with Gasteiger partial charge in [0.15, 0.2) is 0 Å². The summed E-state index contributed by atoms with van der Waals surface area (Å²) in [6.07, 6.45) is 6.32. The van der Waals surface area contributed by atoms with Crippen molar-refractivity contribution >= 4 is 29.8 Å². The van der Waals surface area contributed by atoms with E-state index in [4.69, 9.17) is 4.74 Å². The van der Waals surface area contributed by atoms with Crippen LogP contribution in [-0.4, -0.2) is 42.2 Å². The van der Waals surface area contributed by atoms with Crippen molar-refractivity contribution in [1.29, 1.82) is 0 Å². The Morgan fingerprint density at radius 1 is 1.28 bits per heavy atom. The van der Waals surface area contributed by atoms with E-state index >= 15 is 0 Å². The molecule has 1 aromatic rings. The Morgan fingerprint density at radius 3 is 2.72 bits per heavy atom. The minimum atomic E-state index is -1.00. The second-order valence-corrected chi connectivity index (χ2v) is 6.86. The fraction of sp³-hybridized carbons (Fsp3) is 0.333. The summed E-state index contributed by atoms with van der Waals surface area (Å²) in [7, 11) is 1.60. The Balaban J connectivity index is 1.86.